The third kappa shape index (κ3) is 26.0. The number of morpholine rings is 1. The Morgan fingerprint density at radius 1 is 0.560 bits per heavy atom. The minimum atomic E-state index is -3.83. The van der Waals surface area contributed by atoms with Gasteiger partial charge in [-0.3, -0.25) is 62.4 Å². The van der Waals surface area contributed by atoms with E-state index in [4.69, 9.17) is 9.47 Å². The van der Waals surface area contributed by atoms with E-state index in [1.807, 2.05) is 47.6 Å². The maximum atomic E-state index is 15.7. The summed E-state index contributed by atoms with van der Waals surface area (Å²) in [7, 11) is 6.14. The first kappa shape index (κ1) is 89.9. The highest BCUT2D eigenvalue weighted by atomic mass is 32.2. The lowest BCUT2D eigenvalue weighted by Gasteiger charge is -2.42. The van der Waals surface area contributed by atoms with Crippen LogP contribution in [0.5, 0.6) is 0 Å². The highest BCUT2D eigenvalue weighted by Gasteiger charge is 2.48. The molecule has 2 saturated heterocycles. The van der Waals surface area contributed by atoms with Gasteiger partial charge in [0.1, 0.15) is 58.0 Å². The summed E-state index contributed by atoms with van der Waals surface area (Å²) in [5.74, 6) is -14.7. The number of sulfone groups is 1. The number of nitrogens with zero attached hydrogens (tertiary/aromatic N) is 8. The molecule has 1 N–H and O–H groups in total. The van der Waals surface area contributed by atoms with Crippen LogP contribution in [-0.4, -0.2) is 267 Å². The van der Waals surface area contributed by atoms with E-state index < -0.39 is 188 Å². The van der Waals surface area contributed by atoms with Crippen molar-refractivity contribution in [2.75, 3.05) is 94.2 Å². The zero-order valence-corrected chi connectivity index (χ0v) is 66.3. The molecule has 100 heavy (non-hydrogen) atoms. The van der Waals surface area contributed by atoms with Crippen LogP contribution in [0.1, 0.15) is 182 Å². The number of carbonyl (C=O) groups is 12. The van der Waals surface area contributed by atoms with Crippen molar-refractivity contribution < 1.29 is 75.4 Å². The first-order valence-electron chi connectivity index (χ1n) is 36.3. The fourth-order valence-corrected chi connectivity index (χ4v) is 15.2. The third-order valence-corrected chi connectivity index (χ3v) is 21.1. The van der Waals surface area contributed by atoms with Gasteiger partial charge in [-0.15, -0.1) is 0 Å². The van der Waals surface area contributed by atoms with Gasteiger partial charge < -0.3 is 49.1 Å². The van der Waals surface area contributed by atoms with Crippen molar-refractivity contribution in [1.82, 2.24) is 44.5 Å². The molecule has 0 aromatic rings. The van der Waals surface area contributed by atoms with Crippen LogP contribution in [0, 0.1) is 59.2 Å². The Hall–Kier alpha value is -6.15. The number of ether oxygens (including phenoxy) is 2. The maximum absolute atomic E-state index is 15.7. The number of Topliss-reactive ketones (excluding diaryl/α,β-unsaturated/α-hetero) is 3. The number of rotatable bonds is 21. The molecule has 2 aliphatic rings. The number of amides is 8. The van der Waals surface area contributed by atoms with Crippen LogP contribution in [-0.2, 0) is 76.8 Å². The van der Waals surface area contributed by atoms with E-state index in [9.17, 15) is 27.6 Å². The lowest BCUT2D eigenvalue weighted by Crippen LogP contribution is -2.64. The summed E-state index contributed by atoms with van der Waals surface area (Å²) in [6.45, 7) is 31.8. The monoisotopic (exact) mass is 1430 g/mol. The van der Waals surface area contributed by atoms with Gasteiger partial charge in [-0.1, -0.05) is 116 Å². The van der Waals surface area contributed by atoms with Gasteiger partial charge >= 0.3 is 5.97 Å². The lowest BCUT2D eigenvalue weighted by molar-refractivity contribution is -0.164. The zero-order chi connectivity index (χ0) is 76.9. The van der Waals surface area contributed by atoms with E-state index >= 15 is 38.4 Å². The van der Waals surface area contributed by atoms with E-state index in [2.05, 4.69) is 10.2 Å². The number of hydrogen-bond acceptors (Lipinski definition) is 17. The number of ketones is 3. The molecule has 2 rings (SSSR count). The highest BCUT2D eigenvalue weighted by Crippen LogP contribution is 2.31. The second kappa shape index (κ2) is 41.2. The van der Waals surface area contributed by atoms with Crippen molar-refractivity contribution in [2.45, 2.75) is 236 Å². The van der Waals surface area contributed by atoms with Gasteiger partial charge in [0.2, 0.25) is 47.3 Å². The molecule has 2 fully saturated rings. The van der Waals surface area contributed by atoms with Gasteiger partial charge in [0.05, 0.1) is 31.1 Å². The predicted octanol–water partition coefficient (Wildman–Crippen LogP) is 6.23. The van der Waals surface area contributed by atoms with Gasteiger partial charge in [-0.2, -0.15) is 0 Å². The summed E-state index contributed by atoms with van der Waals surface area (Å²) in [5, 5.41) is 2.86. The van der Waals surface area contributed by atoms with Gasteiger partial charge in [0.25, 0.3) is 0 Å². The first-order chi connectivity index (χ1) is 46.3. The van der Waals surface area contributed by atoms with E-state index in [0.717, 1.165) is 23.0 Å². The Morgan fingerprint density at radius 2 is 1.02 bits per heavy atom. The van der Waals surface area contributed by atoms with Crippen LogP contribution < -0.4 is 5.32 Å². The molecule has 0 spiro atoms. The fourth-order valence-electron chi connectivity index (χ4n) is 14.1. The second-order valence-corrected chi connectivity index (χ2v) is 33.0. The molecule has 1 unspecified atom stereocenters. The Labute approximate surface area is 599 Å². The normalized spacial score (nSPS) is 27.1. The molecule has 0 radical (unpaired) electrons. The van der Waals surface area contributed by atoms with Crippen molar-refractivity contribution in [3.63, 3.8) is 0 Å². The average molecular weight is 1430 g/mol. The minimum Gasteiger partial charge on any atom is -0.459 e. The number of nitrogens with one attached hydrogen (secondary N) is 1. The topological polar surface area (TPSA) is 295 Å². The van der Waals surface area contributed by atoms with Crippen molar-refractivity contribution in [1.29, 1.82) is 0 Å². The minimum absolute atomic E-state index is 0.0241. The molecule has 2 heterocycles. The van der Waals surface area contributed by atoms with Crippen molar-refractivity contribution in [2.24, 2.45) is 59.2 Å². The fraction of sp³-hybridized carbons (Fsp3) is 0.811. The van der Waals surface area contributed by atoms with E-state index in [-0.39, 0.29) is 69.1 Å². The second-order valence-electron chi connectivity index (χ2n) is 30.8. The Bertz CT molecular complexity index is 2930. The first-order valence-corrected chi connectivity index (χ1v) is 38.4. The molecule has 25 nitrogen and oxygen atoms in total. The molecular weight excluding hydrogens is 1300 g/mol. The summed E-state index contributed by atoms with van der Waals surface area (Å²) in [6.07, 6.45) is 3.17. The molecule has 572 valence electrons. The van der Waals surface area contributed by atoms with Gasteiger partial charge in [0, 0.05) is 113 Å². The van der Waals surface area contributed by atoms with E-state index in [1.54, 1.807) is 68.4 Å². The van der Waals surface area contributed by atoms with Crippen molar-refractivity contribution >= 4 is 80.4 Å². The smallest absolute Gasteiger partial charge is 0.303 e. The van der Waals surface area contributed by atoms with Crippen LogP contribution >= 0.6 is 0 Å². The molecule has 26 heteroatoms. The van der Waals surface area contributed by atoms with Gasteiger partial charge in [-0.05, 0) is 99.8 Å². The highest BCUT2D eigenvalue weighted by molar-refractivity contribution is 7.90. The Morgan fingerprint density at radius 3 is 1.50 bits per heavy atom. The molecule has 8 amide bonds. The van der Waals surface area contributed by atoms with E-state index in [1.165, 1.54) is 80.8 Å². The molecule has 0 aromatic carbocycles. The third-order valence-electron chi connectivity index (χ3n) is 20.0. The van der Waals surface area contributed by atoms with Gasteiger partial charge in [0.15, 0.2) is 11.6 Å². The van der Waals surface area contributed by atoms with Gasteiger partial charge in [-0.25, -0.2) is 8.42 Å². The lowest BCUT2D eigenvalue weighted by atomic mass is 9.83. The number of allylic oxidation sites excluding steroid dienone is 2. The summed E-state index contributed by atoms with van der Waals surface area (Å²) in [6, 6.07) is -10.6. The number of carbonyl (C=O) groups excluding carboxylic acids is 12. The number of likely N-dealkylation sites (N-methyl/N-ethyl adjacent to an activating group) is 7. The van der Waals surface area contributed by atoms with Crippen molar-refractivity contribution in [3.05, 3.63) is 12.2 Å². The molecule has 14 atom stereocenters. The Kier molecular flexibility index (Phi) is 37.1. The van der Waals surface area contributed by atoms with Crippen molar-refractivity contribution in [3.8, 4) is 0 Å². The predicted molar refractivity (Wildman–Crippen MR) is 386 cm³/mol. The maximum Gasteiger partial charge on any atom is 0.303 e. The molecule has 0 saturated carbocycles. The summed E-state index contributed by atoms with van der Waals surface area (Å²) >= 11 is 0. The van der Waals surface area contributed by atoms with Crippen LogP contribution in [0.25, 0.3) is 0 Å². The molecule has 0 aromatic heterocycles. The molecule has 0 aliphatic carbocycles. The number of esters is 1. The summed E-state index contributed by atoms with van der Waals surface area (Å²) < 4.78 is 38.0. The van der Waals surface area contributed by atoms with Crippen LogP contribution in [0.4, 0.5) is 0 Å². The number of hydrogen-bond donors (Lipinski definition) is 1. The molecule has 2 aliphatic heterocycles. The largest absolute Gasteiger partial charge is 0.459 e. The standard InChI is InChI=1S/C74H129N9O16S/c1-26-28-30-49(13)66(99-53(17)84)65-67(88)75-55(27-2)70(91)76(18)56(31-29-32-83-33-35-98-36-34-83)71(92)81(23)64(52(16)43-100(25,96)97)62(87)42-54(47(9)10)69(90)77(19)57(37-44(3)4)61(86)40-50(14)60(85)41-51(15)68(89)78(20)58(38-45(5)6)72(93)79(21)59(39-46(7)8)73(94)80(22)63(48(11)12)74(95)82(65)24/h26,28,44-52,54-59,63-66H,27,29-43H2,1-25H3,(H,75,88)/b28-26+/t49-,50-,51+,52-,54+,55+,56-,57+,58+,59+,63+,64?,65+,66-/m1/s1. The Balaban J connectivity index is 3.25. The summed E-state index contributed by atoms with van der Waals surface area (Å²) in [5.41, 5.74) is 0. The van der Waals surface area contributed by atoms with Crippen LogP contribution in [0.3, 0.4) is 0 Å². The zero-order valence-electron chi connectivity index (χ0n) is 65.5. The average Bonchev–Trinajstić information content (AvgIpc) is 0.798. The summed E-state index contributed by atoms with van der Waals surface area (Å²) in [4.78, 5) is 191. The van der Waals surface area contributed by atoms with E-state index in [0.29, 0.717) is 39.3 Å². The quantitative estimate of drug-likeness (QED) is 0.0984. The SMILES string of the molecule is C/C=C/C[C@@H](C)[C@@H](OC(C)=O)[C@H]1C(=O)N[C@@H](CC)C(=O)N(C)[C@H](CCCN2CCOCC2)C(=O)N(C)C([C@H](C)CS(C)(=O)=O)C(=O)C[C@@H](C(C)C)C(=O)N(C)[C@@H](CC(C)C)C(=O)C[C@@H](C)C(=O)C[C@H](C)C(=O)N(C)[C@@H](CC(C)C)C(=O)N(C)[C@@H](CC(C)C)C(=O)N(C)[C@@H](C(C)C)C(=O)N1C. The van der Waals surface area contributed by atoms with Crippen LogP contribution in [0.2, 0.25) is 0 Å². The molecule has 0 bridgehead atoms. The molecular formula is C74H129N9O16S. The van der Waals surface area contributed by atoms with Crippen LogP contribution in [0.15, 0.2) is 12.2 Å².